The van der Waals surface area contributed by atoms with Crippen LogP contribution in [0.1, 0.15) is 33.7 Å². The van der Waals surface area contributed by atoms with Crippen molar-refractivity contribution in [3.63, 3.8) is 0 Å². The first-order valence-corrected chi connectivity index (χ1v) is 13.0. The molecule has 0 radical (unpaired) electrons. The monoisotopic (exact) mass is 577 g/mol. The fraction of sp³-hybridized carbons (Fsp3) is 0.179. The lowest BCUT2D eigenvalue weighted by atomic mass is 9.95. The molecule has 0 saturated carbocycles. The molecular formula is C28H25Cl2N7O3. The normalized spacial score (nSPS) is 12.7. The van der Waals surface area contributed by atoms with E-state index in [1.165, 1.54) is 28.8 Å². The molecular weight excluding hydrogens is 553 g/mol. The smallest absolute Gasteiger partial charge is 0.354 e. The van der Waals surface area contributed by atoms with E-state index in [1.807, 2.05) is 30.3 Å². The van der Waals surface area contributed by atoms with Crippen molar-refractivity contribution in [3.8, 4) is 16.9 Å². The third-order valence-electron chi connectivity index (χ3n) is 6.65. The predicted molar refractivity (Wildman–Crippen MR) is 152 cm³/mol. The van der Waals surface area contributed by atoms with Gasteiger partial charge >= 0.3 is 5.97 Å². The van der Waals surface area contributed by atoms with Crippen molar-refractivity contribution in [2.24, 2.45) is 12.8 Å². The van der Waals surface area contributed by atoms with Gasteiger partial charge in [0.05, 0.1) is 43.1 Å². The molecule has 5 rings (SSSR count). The highest BCUT2D eigenvalue weighted by Crippen LogP contribution is 2.31. The third kappa shape index (κ3) is 5.55. The van der Waals surface area contributed by atoms with Gasteiger partial charge in [0.1, 0.15) is 5.69 Å². The first kappa shape index (κ1) is 27.3. The van der Waals surface area contributed by atoms with Gasteiger partial charge < -0.3 is 15.0 Å². The zero-order chi connectivity index (χ0) is 28.4. The molecule has 204 valence electrons. The van der Waals surface area contributed by atoms with Gasteiger partial charge in [0.2, 0.25) is 0 Å². The molecule has 0 bridgehead atoms. The summed E-state index contributed by atoms with van der Waals surface area (Å²) >= 11 is 12.3. The highest BCUT2D eigenvalue weighted by molar-refractivity contribution is 6.31. The van der Waals surface area contributed by atoms with E-state index >= 15 is 0 Å². The average molecular weight is 578 g/mol. The number of carbonyl (C=O) groups excluding carboxylic acids is 1. The molecule has 2 atom stereocenters. The molecule has 3 heterocycles. The van der Waals surface area contributed by atoms with Gasteiger partial charge in [0, 0.05) is 29.9 Å². The second-order valence-corrected chi connectivity index (χ2v) is 10.0. The summed E-state index contributed by atoms with van der Waals surface area (Å²) in [5.41, 5.74) is 10.1. The first-order chi connectivity index (χ1) is 19.2. The average Bonchev–Trinajstić information content (AvgIpc) is 3.57. The number of nitrogens with zero attached hydrogens (tertiary/aromatic N) is 6. The number of aromatic nitrogens is 6. The Bertz CT molecular complexity index is 1730. The Kier molecular flexibility index (Phi) is 7.83. The van der Waals surface area contributed by atoms with Gasteiger partial charge in [-0.15, -0.1) is 5.10 Å². The zero-order valence-corrected chi connectivity index (χ0v) is 23.1. The van der Waals surface area contributed by atoms with Gasteiger partial charge in [0.25, 0.3) is 5.56 Å². The SMILES string of the molecule is COC(=O)c1cc([C@H](N)[C@H](Cc2ccccc2)n2cnc(-c3cc(Cl)ccc3-n3cc(Cl)nn3)cc2=O)cn1C. The van der Waals surface area contributed by atoms with E-state index in [1.54, 1.807) is 48.3 Å². The fourth-order valence-electron chi connectivity index (χ4n) is 4.64. The molecule has 3 aromatic heterocycles. The van der Waals surface area contributed by atoms with Gasteiger partial charge in [0.15, 0.2) is 5.15 Å². The Morgan fingerprint density at radius 1 is 1.07 bits per heavy atom. The molecule has 40 heavy (non-hydrogen) atoms. The van der Waals surface area contributed by atoms with Crippen LogP contribution in [-0.2, 0) is 18.2 Å². The van der Waals surface area contributed by atoms with Crippen LogP contribution in [0.15, 0.2) is 84.2 Å². The summed E-state index contributed by atoms with van der Waals surface area (Å²) in [4.78, 5) is 30.5. The van der Waals surface area contributed by atoms with Gasteiger partial charge in [-0.1, -0.05) is 58.7 Å². The van der Waals surface area contributed by atoms with Crippen LogP contribution in [0, 0.1) is 0 Å². The lowest BCUT2D eigenvalue weighted by Gasteiger charge is -2.26. The Labute approximate surface area is 239 Å². The van der Waals surface area contributed by atoms with Crippen molar-refractivity contribution in [2.45, 2.75) is 18.5 Å². The van der Waals surface area contributed by atoms with Crippen molar-refractivity contribution >= 4 is 29.2 Å². The van der Waals surface area contributed by atoms with Crippen LogP contribution in [0.5, 0.6) is 0 Å². The second-order valence-electron chi connectivity index (χ2n) is 9.21. The number of ether oxygens (including phenoxy) is 1. The summed E-state index contributed by atoms with van der Waals surface area (Å²) < 4.78 is 9.54. The number of nitrogens with two attached hydrogens (primary N) is 1. The standard InChI is InChI=1S/C28H25Cl2N7O3/c1-35-14-18(11-24(35)28(39)40-2)27(31)23(10-17-6-4-3-5-7-17)36-16-32-21(13-26(36)38)20-12-19(29)8-9-22(20)37-15-25(30)33-34-37/h3-9,11-16,23,27H,10,31H2,1-2H3/t23-,27-/m0/s1. The van der Waals surface area contributed by atoms with E-state index < -0.39 is 18.1 Å². The summed E-state index contributed by atoms with van der Waals surface area (Å²) in [5, 5.41) is 8.55. The van der Waals surface area contributed by atoms with Crippen molar-refractivity contribution in [2.75, 3.05) is 7.11 Å². The summed E-state index contributed by atoms with van der Waals surface area (Å²) in [6.45, 7) is 0. The lowest BCUT2D eigenvalue weighted by Crippen LogP contribution is -2.33. The summed E-state index contributed by atoms with van der Waals surface area (Å²) in [6.07, 6.45) is 5.25. The molecule has 5 aromatic rings. The molecule has 0 fully saturated rings. The number of hydrogen-bond donors (Lipinski definition) is 1. The van der Waals surface area contributed by atoms with Crippen molar-refractivity contribution < 1.29 is 9.53 Å². The number of carbonyl (C=O) groups is 1. The van der Waals surface area contributed by atoms with Crippen LogP contribution in [0.3, 0.4) is 0 Å². The maximum absolute atomic E-state index is 13.6. The van der Waals surface area contributed by atoms with Crippen LogP contribution in [0.4, 0.5) is 0 Å². The third-order valence-corrected chi connectivity index (χ3v) is 7.06. The molecule has 2 N–H and O–H groups in total. The molecule has 0 aliphatic rings. The Morgan fingerprint density at radius 2 is 1.85 bits per heavy atom. The summed E-state index contributed by atoms with van der Waals surface area (Å²) in [5.74, 6) is -0.477. The second kappa shape index (κ2) is 11.5. The zero-order valence-electron chi connectivity index (χ0n) is 21.6. The largest absolute Gasteiger partial charge is 0.464 e. The van der Waals surface area contributed by atoms with E-state index in [2.05, 4.69) is 15.3 Å². The van der Waals surface area contributed by atoms with E-state index in [-0.39, 0.29) is 10.7 Å². The van der Waals surface area contributed by atoms with Crippen LogP contribution >= 0.6 is 23.2 Å². The number of hydrogen-bond acceptors (Lipinski definition) is 7. The lowest BCUT2D eigenvalue weighted by molar-refractivity contribution is 0.0590. The van der Waals surface area contributed by atoms with E-state index in [4.69, 9.17) is 33.7 Å². The number of aryl methyl sites for hydroxylation is 1. The molecule has 12 heteroatoms. The van der Waals surface area contributed by atoms with Crippen molar-refractivity contribution in [3.05, 3.63) is 117 Å². The maximum atomic E-state index is 13.6. The molecule has 0 aliphatic heterocycles. The van der Waals surface area contributed by atoms with Crippen LogP contribution in [0.25, 0.3) is 16.9 Å². The minimum absolute atomic E-state index is 0.221. The van der Waals surface area contributed by atoms with Gasteiger partial charge in [-0.3, -0.25) is 9.36 Å². The Balaban J connectivity index is 1.57. The number of benzene rings is 2. The Morgan fingerprint density at radius 3 is 2.52 bits per heavy atom. The minimum atomic E-state index is -0.644. The van der Waals surface area contributed by atoms with Crippen LogP contribution in [0.2, 0.25) is 10.2 Å². The quantitative estimate of drug-likeness (QED) is 0.271. The number of esters is 1. The molecule has 0 spiro atoms. The minimum Gasteiger partial charge on any atom is -0.464 e. The Hall–Kier alpha value is -4.25. The van der Waals surface area contributed by atoms with E-state index in [0.29, 0.717) is 39.6 Å². The number of rotatable bonds is 8. The number of methoxy groups -OCH3 is 1. The van der Waals surface area contributed by atoms with Gasteiger partial charge in [-0.2, -0.15) is 0 Å². The highest BCUT2D eigenvalue weighted by Gasteiger charge is 2.26. The fourth-order valence-corrected chi connectivity index (χ4v) is 4.94. The van der Waals surface area contributed by atoms with Crippen molar-refractivity contribution in [1.29, 1.82) is 0 Å². The highest BCUT2D eigenvalue weighted by atomic mass is 35.5. The molecule has 0 amide bonds. The topological polar surface area (TPSA) is 123 Å². The summed E-state index contributed by atoms with van der Waals surface area (Å²) in [6, 6.07) is 16.8. The molecule has 0 aliphatic carbocycles. The van der Waals surface area contributed by atoms with Gasteiger partial charge in [-0.05, 0) is 41.8 Å². The first-order valence-electron chi connectivity index (χ1n) is 12.3. The maximum Gasteiger partial charge on any atom is 0.354 e. The molecule has 0 saturated heterocycles. The molecule has 10 nitrogen and oxygen atoms in total. The number of halogens is 2. The van der Waals surface area contributed by atoms with E-state index in [9.17, 15) is 9.59 Å². The predicted octanol–water partition coefficient (Wildman–Crippen LogP) is 4.41. The van der Waals surface area contributed by atoms with E-state index in [0.717, 1.165) is 5.56 Å². The van der Waals surface area contributed by atoms with Crippen LogP contribution < -0.4 is 11.3 Å². The summed E-state index contributed by atoms with van der Waals surface area (Å²) in [7, 11) is 3.06. The molecule has 2 aromatic carbocycles. The van der Waals surface area contributed by atoms with Crippen LogP contribution in [-0.4, -0.2) is 42.2 Å². The molecule has 0 unspecified atom stereocenters. The van der Waals surface area contributed by atoms with Crippen molar-refractivity contribution in [1.82, 2.24) is 29.1 Å². The van der Waals surface area contributed by atoms with Gasteiger partial charge in [-0.25, -0.2) is 14.5 Å².